The van der Waals surface area contributed by atoms with E-state index in [0.717, 1.165) is 51.4 Å². The van der Waals surface area contributed by atoms with Crippen LogP contribution in [-0.2, 0) is 32.9 Å². The Bertz CT molecular complexity index is 1060. The molecule has 0 amide bonds. The first kappa shape index (κ1) is 25.1. The highest BCUT2D eigenvalue weighted by Gasteiger charge is 2.45. The van der Waals surface area contributed by atoms with E-state index in [4.69, 9.17) is 0 Å². The van der Waals surface area contributed by atoms with Crippen LogP contribution in [0.15, 0.2) is 18.2 Å². The van der Waals surface area contributed by atoms with Crippen molar-refractivity contribution in [1.82, 2.24) is 13.9 Å². The molecule has 3 heterocycles. The molecule has 2 saturated heterocycles. The van der Waals surface area contributed by atoms with Gasteiger partial charge in [0.05, 0.1) is 12.0 Å². The highest BCUT2D eigenvalue weighted by atomic mass is 32.2. The fraction of sp³-hybridized carbons (Fsp3) is 0.750. The number of sulfonamides is 2. The number of rotatable bonds is 8. The molecule has 2 fully saturated rings. The van der Waals surface area contributed by atoms with Gasteiger partial charge in [0, 0.05) is 38.3 Å². The van der Waals surface area contributed by atoms with Crippen molar-refractivity contribution in [3.63, 3.8) is 0 Å². The summed E-state index contributed by atoms with van der Waals surface area (Å²) >= 11 is 0. The molecule has 33 heavy (non-hydrogen) atoms. The van der Waals surface area contributed by atoms with E-state index in [1.54, 1.807) is 4.31 Å². The van der Waals surface area contributed by atoms with Crippen molar-refractivity contribution in [1.29, 1.82) is 0 Å². The molecular weight excluding hydrogens is 458 g/mol. The normalized spacial score (nSPS) is 26.6. The van der Waals surface area contributed by atoms with E-state index in [2.05, 4.69) is 41.7 Å². The van der Waals surface area contributed by atoms with Crippen molar-refractivity contribution < 1.29 is 16.8 Å². The number of hydrogen-bond acceptors (Lipinski definition) is 5. The average Bonchev–Trinajstić information content (AvgIpc) is 2.73. The van der Waals surface area contributed by atoms with Crippen molar-refractivity contribution in [3.05, 3.63) is 34.9 Å². The minimum Gasteiger partial charge on any atom is -0.296 e. The molecule has 4 rings (SSSR count). The van der Waals surface area contributed by atoms with E-state index >= 15 is 0 Å². The first-order valence-electron chi connectivity index (χ1n) is 12.3. The molecule has 0 aliphatic carbocycles. The van der Waals surface area contributed by atoms with Gasteiger partial charge in [0.2, 0.25) is 20.0 Å². The maximum absolute atomic E-state index is 13.3. The Balaban J connectivity index is 1.49. The molecule has 3 atom stereocenters. The highest BCUT2D eigenvalue weighted by Crippen LogP contribution is 2.43. The second kappa shape index (κ2) is 9.93. The number of benzene rings is 1. The number of piperidine rings is 2. The molecule has 1 N–H and O–H groups in total. The number of hydrogen-bond donors (Lipinski definition) is 1. The summed E-state index contributed by atoms with van der Waals surface area (Å²) in [6, 6.07) is 7.25. The number of fused-ring (bicyclic) bond motifs is 4. The van der Waals surface area contributed by atoms with E-state index in [0.29, 0.717) is 24.8 Å². The van der Waals surface area contributed by atoms with Crippen molar-refractivity contribution >= 4 is 20.0 Å². The quantitative estimate of drug-likeness (QED) is 0.558. The fourth-order valence-electron chi connectivity index (χ4n) is 6.04. The van der Waals surface area contributed by atoms with Crippen LogP contribution in [0.25, 0.3) is 0 Å². The Kier molecular flexibility index (Phi) is 7.56. The number of nitrogens with one attached hydrogen (secondary N) is 1. The number of nitrogens with zero attached hydrogens (tertiary/aromatic N) is 2. The van der Waals surface area contributed by atoms with Crippen LogP contribution in [0.1, 0.15) is 62.3 Å². The van der Waals surface area contributed by atoms with Crippen molar-refractivity contribution in [2.24, 2.45) is 11.8 Å². The summed E-state index contributed by atoms with van der Waals surface area (Å²) in [5.74, 6) is 0.996. The van der Waals surface area contributed by atoms with E-state index in [-0.39, 0.29) is 24.4 Å². The van der Waals surface area contributed by atoms with Gasteiger partial charge in [0.15, 0.2) is 0 Å². The molecule has 0 saturated carbocycles. The Morgan fingerprint density at radius 2 is 1.94 bits per heavy atom. The van der Waals surface area contributed by atoms with Crippen molar-refractivity contribution in [2.75, 3.05) is 38.2 Å². The minimum absolute atomic E-state index is 0.0116. The van der Waals surface area contributed by atoms with E-state index < -0.39 is 20.0 Å². The lowest BCUT2D eigenvalue weighted by molar-refractivity contribution is 0.0220. The van der Waals surface area contributed by atoms with Gasteiger partial charge in [-0.05, 0) is 67.1 Å². The largest absolute Gasteiger partial charge is 0.296 e. The standard InChI is InChI=1S/C24H39N3O4S2/c1-18(2)14-19-7-8-22-20(15-19)9-12-26-17-21-6-4-11-27(23(21)16-24(22)26)33(30,31)13-5-10-25-32(3,28)29/h7-8,15,18,21,23-25H,4-6,9-14,16-17H2,1-3H3/t21-,23+,24-/m0/s1. The Morgan fingerprint density at radius 3 is 2.67 bits per heavy atom. The van der Waals surface area contributed by atoms with Gasteiger partial charge < -0.3 is 0 Å². The van der Waals surface area contributed by atoms with Crippen LogP contribution in [0.4, 0.5) is 0 Å². The van der Waals surface area contributed by atoms with Gasteiger partial charge in [-0.2, -0.15) is 4.31 Å². The lowest BCUT2D eigenvalue weighted by atomic mass is 9.77. The lowest BCUT2D eigenvalue weighted by Crippen LogP contribution is -2.57. The van der Waals surface area contributed by atoms with Gasteiger partial charge in [0.25, 0.3) is 0 Å². The first-order chi connectivity index (χ1) is 15.5. The molecule has 1 aromatic rings. The first-order valence-corrected chi connectivity index (χ1v) is 15.8. The van der Waals surface area contributed by atoms with Crippen LogP contribution in [0, 0.1) is 11.8 Å². The molecule has 0 aromatic heterocycles. The van der Waals surface area contributed by atoms with Gasteiger partial charge in [-0.3, -0.25) is 4.90 Å². The predicted octanol–water partition coefficient (Wildman–Crippen LogP) is 2.54. The summed E-state index contributed by atoms with van der Waals surface area (Å²) in [6.45, 7) is 7.24. The molecular formula is C24H39N3O4S2. The van der Waals surface area contributed by atoms with Gasteiger partial charge in [0.1, 0.15) is 0 Å². The van der Waals surface area contributed by atoms with Crippen molar-refractivity contribution in [2.45, 2.75) is 64.5 Å². The molecule has 0 radical (unpaired) electrons. The second-order valence-corrected chi connectivity index (χ2v) is 14.4. The summed E-state index contributed by atoms with van der Waals surface area (Å²) in [7, 11) is -6.73. The SMILES string of the molecule is CC(C)Cc1ccc2c(c1)CCN1C[C@@H]3CCCN(S(=O)(=O)CCCNS(C)(=O)=O)[C@@H]3C[C@@H]21. The zero-order valence-electron chi connectivity index (χ0n) is 20.2. The molecule has 186 valence electrons. The van der Waals surface area contributed by atoms with Gasteiger partial charge in [-0.1, -0.05) is 32.0 Å². The smallest absolute Gasteiger partial charge is 0.214 e. The van der Waals surface area contributed by atoms with E-state index in [1.807, 2.05) is 0 Å². The maximum Gasteiger partial charge on any atom is 0.214 e. The zero-order chi connectivity index (χ0) is 23.8. The van der Waals surface area contributed by atoms with Crippen LogP contribution in [0.2, 0.25) is 0 Å². The monoisotopic (exact) mass is 497 g/mol. The Hall–Kier alpha value is -1.00. The minimum atomic E-state index is -3.43. The molecule has 3 aliphatic rings. The van der Waals surface area contributed by atoms with Gasteiger partial charge in [-0.15, -0.1) is 0 Å². The molecule has 3 aliphatic heterocycles. The van der Waals surface area contributed by atoms with E-state index in [1.165, 1.54) is 16.7 Å². The van der Waals surface area contributed by atoms with Crippen LogP contribution in [0.5, 0.6) is 0 Å². The van der Waals surface area contributed by atoms with Crippen molar-refractivity contribution in [3.8, 4) is 0 Å². The molecule has 7 nitrogen and oxygen atoms in total. The molecule has 0 bridgehead atoms. The molecule has 0 unspecified atom stereocenters. The lowest BCUT2D eigenvalue weighted by Gasteiger charge is -2.51. The van der Waals surface area contributed by atoms with Gasteiger partial charge >= 0.3 is 0 Å². The highest BCUT2D eigenvalue weighted by molar-refractivity contribution is 7.89. The third-order valence-corrected chi connectivity index (χ3v) is 10.1. The van der Waals surface area contributed by atoms with E-state index in [9.17, 15) is 16.8 Å². The topological polar surface area (TPSA) is 86.8 Å². The summed E-state index contributed by atoms with van der Waals surface area (Å²) in [6.07, 6.45) is 6.38. The second-order valence-electron chi connectivity index (χ2n) is 10.5. The third kappa shape index (κ3) is 5.99. The maximum atomic E-state index is 13.3. The predicted molar refractivity (Wildman–Crippen MR) is 132 cm³/mol. The van der Waals surface area contributed by atoms with Gasteiger partial charge in [-0.25, -0.2) is 21.6 Å². The average molecular weight is 498 g/mol. The Labute approximate surface area is 200 Å². The zero-order valence-corrected chi connectivity index (χ0v) is 21.8. The summed E-state index contributed by atoms with van der Waals surface area (Å²) in [4.78, 5) is 2.58. The summed E-state index contributed by atoms with van der Waals surface area (Å²) in [5, 5.41) is 0. The summed E-state index contributed by atoms with van der Waals surface area (Å²) in [5.41, 5.74) is 4.22. The van der Waals surface area contributed by atoms with Crippen LogP contribution in [-0.4, -0.2) is 70.3 Å². The van der Waals surface area contributed by atoms with Crippen LogP contribution in [0.3, 0.4) is 0 Å². The van der Waals surface area contributed by atoms with Crippen LogP contribution < -0.4 is 4.72 Å². The fourth-order valence-corrected chi connectivity index (χ4v) is 8.38. The van der Waals surface area contributed by atoms with Crippen LogP contribution >= 0.6 is 0 Å². The molecule has 9 heteroatoms. The Morgan fingerprint density at radius 1 is 1.15 bits per heavy atom. The molecule has 1 aromatic carbocycles. The third-order valence-electron chi connectivity index (χ3n) is 7.42. The summed E-state index contributed by atoms with van der Waals surface area (Å²) < 4.78 is 53.2. The molecule has 0 spiro atoms.